The van der Waals surface area contributed by atoms with E-state index < -0.39 is 17.7 Å². The van der Waals surface area contributed by atoms with E-state index >= 15 is 0 Å². The first-order valence-electron chi connectivity index (χ1n) is 14.1. The molecule has 1 unspecified atom stereocenters. The van der Waals surface area contributed by atoms with Gasteiger partial charge in [0.2, 0.25) is 11.8 Å². The minimum Gasteiger partial charge on any atom is -0.444 e. The zero-order valence-corrected chi connectivity index (χ0v) is 24.3. The molecule has 1 aromatic carbocycles. The van der Waals surface area contributed by atoms with Crippen LogP contribution in [-0.4, -0.2) is 76.5 Å². The van der Waals surface area contributed by atoms with Crippen LogP contribution in [0.1, 0.15) is 77.3 Å². The maximum atomic E-state index is 13.3. The molecule has 1 aliphatic carbocycles. The Morgan fingerprint density at radius 2 is 1.74 bits per heavy atom. The summed E-state index contributed by atoms with van der Waals surface area (Å²) in [7, 11) is 0. The number of hydrogen-bond donors (Lipinski definition) is 1. The quantitative estimate of drug-likeness (QED) is 0.548. The molecule has 1 N–H and O–H groups in total. The summed E-state index contributed by atoms with van der Waals surface area (Å²) >= 11 is 6.49. The number of likely N-dealkylation sites (tertiary alicyclic amines) is 1. The van der Waals surface area contributed by atoms with Crippen LogP contribution in [-0.2, 0) is 20.9 Å². The smallest absolute Gasteiger partial charge is 0.410 e. The normalized spacial score (nSPS) is 23.1. The second-order valence-electron chi connectivity index (χ2n) is 12.2. The van der Waals surface area contributed by atoms with Crippen molar-refractivity contribution in [2.45, 2.75) is 97.4 Å². The fraction of sp³-hybridized carbons (Fsp3) is 0.690. The summed E-state index contributed by atoms with van der Waals surface area (Å²) in [6.07, 6.45) is 5.27. The van der Waals surface area contributed by atoms with Gasteiger partial charge in [0.15, 0.2) is 0 Å². The molecule has 3 fully saturated rings. The van der Waals surface area contributed by atoms with Gasteiger partial charge in [-0.3, -0.25) is 19.4 Å². The van der Waals surface area contributed by atoms with Gasteiger partial charge in [-0.15, -0.1) is 0 Å². The highest BCUT2D eigenvalue weighted by Gasteiger charge is 2.37. The van der Waals surface area contributed by atoms with Gasteiger partial charge in [-0.2, -0.15) is 0 Å². The van der Waals surface area contributed by atoms with Gasteiger partial charge in [0.1, 0.15) is 11.6 Å². The van der Waals surface area contributed by atoms with E-state index in [1.807, 2.05) is 33.8 Å². The molecule has 1 saturated carbocycles. The Morgan fingerprint density at radius 3 is 2.39 bits per heavy atom. The number of amides is 3. The molecule has 1 aromatic rings. The molecule has 8 nitrogen and oxygen atoms in total. The van der Waals surface area contributed by atoms with Gasteiger partial charge in [0, 0.05) is 55.4 Å². The number of nitrogens with one attached hydrogen (secondary N) is 1. The lowest BCUT2D eigenvalue weighted by Gasteiger charge is -2.41. The number of carbonyl (C=O) groups excluding carboxylic acids is 3. The van der Waals surface area contributed by atoms with E-state index in [1.165, 1.54) is 4.90 Å². The Hall–Kier alpha value is -2.32. The summed E-state index contributed by atoms with van der Waals surface area (Å²) in [5.41, 5.74) is 2.05. The minimum atomic E-state index is -0.619. The Bertz CT molecular complexity index is 1050. The van der Waals surface area contributed by atoms with Gasteiger partial charge < -0.3 is 15.0 Å². The standard InChI is InChI=1S/C29H43ClN4O4/c1-19-17-32(13-14-33(19)27(36)21-9-6-7-10-21)18-22-15-23(30)16-24(20(22)2)31-26(35)25-11-8-12-34(25)28(37)38-29(3,4)5/h15-16,19,21,25H,6-14,17-18H2,1-5H3,(H,31,35)/t19-,25?/m0/s1. The van der Waals surface area contributed by atoms with Crippen LogP contribution < -0.4 is 5.32 Å². The Labute approximate surface area is 232 Å². The van der Waals surface area contributed by atoms with Crippen molar-refractivity contribution < 1.29 is 19.1 Å². The van der Waals surface area contributed by atoms with Crippen molar-refractivity contribution in [2.75, 3.05) is 31.5 Å². The molecule has 2 atom stereocenters. The second kappa shape index (κ2) is 11.8. The number of anilines is 1. The molecule has 38 heavy (non-hydrogen) atoms. The summed E-state index contributed by atoms with van der Waals surface area (Å²) in [5, 5.41) is 3.59. The van der Waals surface area contributed by atoms with Gasteiger partial charge in [-0.05, 0) is 83.6 Å². The maximum absolute atomic E-state index is 13.3. The monoisotopic (exact) mass is 546 g/mol. The third-order valence-corrected chi connectivity index (χ3v) is 8.23. The molecule has 0 bridgehead atoms. The number of rotatable bonds is 5. The highest BCUT2D eigenvalue weighted by atomic mass is 35.5. The molecule has 0 spiro atoms. The van der Waals surface area contributed by atoms with E-state index in [0.717, 1.165) is 62.9 Å². The Kier molecular flexibility index (Phi) is 8.92. The predicted molar refractivity (Wildman–Crippen MR) is 149 cm³/mol. The summed E-state index contributed by atoms with van der Waals surface area (Å²) in [4.78, 5) is 44.9. The average Bonchev–Trinajstić information content (AvgIpc) is 3.53. The van der Waals surface area contributed by atoms with Crippen LogP contribution in [0.4, 0.5) is 10.5 Å². The molecule has 2 heterocycles. The van der Waals surface area contributed by atoms with Crippen molar-refractivity contribution in [3.63, 3.8) is 0 Å². The van der Waals surface area contributed by atoms with Crippen LogP contribution in [0, 0.1) is 12.8 Å². The van der Waals surface area contributed by atoms with Crippen LogP contribution in [0.25, 0.3) is 0 Å². The highest BCUT2D eigenvalue weighted by molar-refractivity contribution is 6.31. The van der Waals surface area contributed by atoms with Gasteiger partial charge in [-0.25, -0.2) is 4.79 Å². The fourth-order valence-corrected chi connectivity index (χ4v) is 6.22. The van der Waals surface area contributed by atoms with E-state index in [-0.39, 0.29) is 17.9 Å². The SMILES string of the molecule is Cc1c(CN2CCN(C(=O)C3CCCC3)[C@@H](C)C2)cc(Cl)cc1NC(=O)C1CCCN1C(=O)OC(C)(C)C. The van der Waals surface area contributed by atoms with Crippen LogP contribution >= 0.6 is 11.6 Å². The molecule has 9 heteroatoms. The van der Waals surface area contributed by atoms with Gasteiger partial charge in [0.05, 0.1) is 0 Å². The molecule has 4 rings (SSSR count). The molecule has 0 aromatic heterocycles. The number of piperazine rings is 1. The van der Waals surface area contributed by atoms with Crippen molar-refractivity contribution in [3.05, 3.63) is 28.3 Å². The van der Waals surface area contributed by atoms with Gasteiger partial charge in [-0.1, -0.05) is 24.4 Å². The molecule has 3 aliphatic rings. The third-order valence-electron chi connectivity index (χ3n) is 8.01. The molecular formula is C29H43ClN4O4. The van der Waals surface area contributed by atoms with Crippen LogP contribution in [0.15, 0.2) is 12.1 Å². The van der Waals surface area contributed by atoms with Crippen LogP contribution in [0.3, 0.4) is 0 Å². The summed E-state index contributed by atoms with van der Waals surface area (Å²) < 4.78 is 5.51. The van der Waals surface area contributed by atoms with Crippen molar-refractivity contribution in [1.82, 2.24) is 14.7 Å². The average molecular weight is 547 g/mol. The van der Waals surface area contributed by atoms with Gasteiger partial charge >= 0.3 is 6.09 Å². The minimum absolute atomic E-state index is 0.164. The van der Waals surface area contributed by atoms with Crippen molar-refractivity contribution in [1.29, 1.82) is 0 Å². The first kappa shape index (κ1) is 28.7. The lowest BCUT2D eigenvalue weighted by atomic mass is 10.0. The Balaban J connectivity index is 1.40. The molecule has 2 aliphatic heterocycles. The number of halogens is 1. The van der Waals surface area contributed by atoms with Crippen LogP contribution in [0.2, 0.25) is 5.02 Å². The number of nitrogens with zero attached hydrogens (tertiary/aromatic N) is 3. The second-order valence-corrected chi connectivity index (χ2v) is 12.6. The largest absolute Gasteiger partial charge is 0.444 e. The molecule has 3 amide bonds. The lowest BCUT2D eigenvalue weighted by Crippen LogP contribution is -2.54. The molecule has 2 saturated heterocycles. The van der Waals surface area contributed by atoms with E-state index in [1.54, 1.807) is 6.07 Å². The number of ether oxygens (including phenoxy) is 1. The zero-order chi connectivity index (χ0) is 27.6. The van der Waals surface area contributed by atoms with E-state index in [2.05, 4.69) is 22.0 Å². The Morgan fingerprint density at radius 1 is 1.03 bits per heavy atom. The fourth-order valence-electron chi connectivity index (χ4n) is 5.98. The summed E-state index contributed by atoms with van der Waals surface area (Å²) in [6.45, 7) is 13.1. The first-order valence-corrected chi connectivity index (χ1v) is 14.4. The van der Waals surface area contributed by atoms with Gasteiger partial charge in [0.25, 0.3) is 0 Å². The number of carbonyl (C=O) groups is 3. The maximum Gasteiger partial charge on any atom is 0.410 e. The third kappa shape index (κ3) is 6.81. The summed E-state index contributed by atoms with van der Waals surface area (Å²) in [6, 6.07) is 3.32. The van der Waals surface area contributed by atoms with Crippen molar-refractivity contribution in [2.24, 2.45) is 5.92 Å². The predicted octanol–water partition coefficient (Wildman–Crippen LogP) is 5.21. The van der Waals surface area contributed by atoms with Crippen molar-refractivity contribution >= 4 is 35.2 Å². The van der Waals surface area contributed by atoms with E-state index in [9.17, 15) is 14.4 Å². The zero-order valence-electron chi connectivity index (χ0n) is 23.5. The molecule has 210 valence electrons. The number of hydrogen-bond acceptors (Lipinski definition) is 5. The molecular weight excluding hydrogens is 504 g/mol. The molecule has 0 radical (unpaired) electrons. The topological polar surface area (TPSA) is 82.2 Å². The van der Waals surface area contributed by atoms with Crippen LogP contribution in [0.5, 0.6) is 0 Å². The summed E-state index contributed by atoms with van der Waals surface area (Å²) in [5.74, 6) is 0.305. The first-order chi connectivity index (χ1) is 17.9. The lowest BCUT2D eigenvalue weighted by molar-refractivity contribution is -0.140. The van der Waals surface area contributed by atoms with E-state index in [0.29, 0.717) is 36.1 Å². The number of benzene rings is 1. The van der Waals surface area contributed by atoms with Crippen molar-refractivity contribution in [3.8, 4) is 0 Å². The van der Waals surface area contributed by atoms with E-state index in [4.69, 9.17) is 16.3 Å². The highest BCUT2D eigenvalue weighted by Crippen LogP contribution is 2.30.